The average Bonchev–Trinajstić information content (AvgIpc) is 3.18. The van der Waals surface area contributed by atoms with E-state index in [2.05, 4.69) is 10.4 Å². The number of hydrogen-bond acceptors (Lipinski definition) is 4. The van der Waals surface area contributed by atoms with Crippen LogP contribution < -0.4 is 11.3 Å². The first-order valence-corrected chi connectivity index (χ1v) is 6.56. The summed E-state index contributed by atoms with van der Waals surface area (Å²) in [6, 6.07) is 0. The van der Waals surface area contributed by atoms with Crippen LogP contribution in [0, 0.1) is 5.92 Å². The minimum absolute atomic E-state index is 0.695. The van der Waals surface area contributed by atoms with Gasteiger partial charge in [0.15, 0.2) is 0 Å². The summed E-state index contributed by atoms with van der Waals surface area (Å²) < 4.78 is 10.6. The largest absolute Gasteiger partial charge is 0.385 e. The smallest absolute Gasteiger partial charge is 0.208 e. The molecule has 1 aliphatic carbocycles. The van der Waals surface area contributed by atoms with Gasteiger partial charge in [0.25, 0.3) is 0 Å². The van der Waals surface area contributed by atoms with Crippen LogP contribution in [0.3, 0.4) is 0 Å². The highest BCUT2D eigenvalue weighted by Crippen LogP contribution is 2.28. The number of hydrazine groups is 1. The third-order valence-corrected chi connectivity index (χ3v) is 2.88. The summed E-state index contributed by atoms with van der Waals surface area (Å²) >= 11 is 0. The van der Waals surface area contributed by atoms with E-state index >= 15 is 0 Å². The van der Waals surface area contributed by atoms with Crippen molar-refractivity contribution in [3.05, 3.63) is 0 Å². The number of guanidine groups is 1. The van der Waals surface area contributed by atoms with Crippen LogP contribution in [0.2, 0.25) is 0 Å². The lowest BCUT2D eigenvalue weighted by Gasteiger charge is -2.20. The summed E-state index contributed by atoms with van der Waals surface area (Å²) in [5, 5.41) is 0. The molecule has 0 aromatic heterocycles. The Labute approximate surface area is 109 Å². The maximum Gasteiger partial charge on any atom is 0.208 e. The molecule has 0 saturated heterocycles. The van der Waals surface area contributed by atoms with Gasteiger partial charge in [0.2, 0.25) is 5.96 Å². The number of ether oxygens (including phenoxy) is 2. The summed E-state index contributed by atoms with van der Waals surface area (Å²) in [5.41, 5.74) is 2.62. The van der Waals surface area contributed by atoms with Gasteiger partial charge in [0.1, 0.15) is 0 Å². The van der Waals surface area contributed by atoms with Gasteiger partial charge in [-0.1, -0.05) is 0 Å². The predicted octanol–water partition coefficient (Wildman–Crippen LogP) is 0.201. The number of nitrogens with one attached hydrogen (secondary N) is 1. The maximum atomic E-state index is 5.58. The highest BCUT2D eigenvalue weighted by Gasteiger charge is 2.21. The minimum Gasteiger partial charge on any atom is -0.385 e. The molecule has 106 valence electrons. The molecule has 1 saturated carbocycles. The molecule has 0 aromatic carbocycles. The van der Waals surface area contributed by atoms with Crippen molar-refractivity contribution in [2.75, 3.05) is 47.1 Å². The zero-order valence-corrected chi connectivity index (χ0v) is 11.5. The molecule has 0 aromatic rings. The molecular formula is C12H26N4O2. The van der Waals surface area contributed by atoms with Gasteiger partial charge in [-0.05, 0) is 25.2 Å². The fourth-order valence-electron chi connectivity index (χ4n) is 1.51. The van der Waals surface area contributed by atoms with Crippen LogP contribution in [0.1, 0.15) is 19.3 Å². The van der Waals surface area contributed by atoms with Gasteiger partial charge >= 0.3 is 0 Å². The summed E-state index contributed by atoms with van der Waals surface area (Å²) in [5.74, 6) is 6.96. The van der Waals surface area contributed by atoms with E-state index in [0.29, 0.717) is 19.1 Å². The Morgan fingerprint density at radius 1 is 1.44 bits per heavy atom. The number of hydrogen-bond donors (Lipinski definition) is 2. The number of nitrogens with zero attached hydrogens (tertiary/aromatic N) is 2. The van der Waals surface area contributed by atoms with Crippen LogP contribution in [0.15, 0.2) is 4.99 Å². The highest BCUT2D eigenvalue weighted by molar-refractivity contribution is 5.79. The molecule has 0 aliphatic heterocycles. The molecule has 1 aliphatic rings. The van der Waals surface area contributed by atoms with Crippen LogP contribution >= 0.6 is 0 Å². The molecule has 6 nitrogen and oxygen atoms in total. The number of methoxy groups -OCH3 is 1. The van der Waals surface area contributed by atoms with Gasteiger partial charge in [0.05, 0.1) is 6.61 Å². The van der Waals surface area contributed by atoms with Crippen LogP contribution in [-0.4, -0.2) is 57.9 Å². The van der Waals surface area contributed by atoms with Crippen molar-refractivity contribution in [2.45, 2.75) is 19.3 Å². The van der Waals surface area contributed by atoms with Crippen LogP contribution in [-0.2, 0) is 9.47 Å². The molecule has 6 heteroatoms. The molecule has 0 heterocycles. The van der Waals surface area contributed by atoms with Crippen molar-refractivity contribution in [3.8, 4) is 0 Å². The van der Waals surface area contributed by atoms with E-state index in [1.807, 2.05) is 11.9 Å². The maximum absolute atomic E-state index is 5.58. The van der Waals surface area contributed by atoms with Crippen LogP contribution in [0.4, 0.5) is 0 Å². The zero-order valence-electron chi connectivity index (χ0n) is 11.5. The lowest BCUT2D eigenvalue weighted by molar-refractivity contribution is 0.115. The molecular weight excluding hydrogens is 232 g/mol. The second-order valence-electron chi connectivity index (χ2n) is 4.64. The number of nitrogens with two attached hydrogens (primary N) is 1. The Hall–Kier alpha value is -0.850. The molecule has 1 fully saturated rings. The molecule has 0 unspecified atom stereocenters. The molecule has 1 rings (SSSR count). The quantitative estimate of drug-likeness (QED) is 0.203. The standard InChI is InChI=1S/C12H26N4O2/c1-16(7-9-18-10-11-4-5-11)12(15-13)14-6-3-8-17-2/h11H,3-10,13H2,1-2H3,(H,14,15). The highest BCUT2D eigenvalue weighted by atomic mass is 16.5. The van der Waals surface area contributed by atoms with Gasteiger partial charge in [-0.2, -0.15) is 0 Å². The second-order valence-corrected chi connectivity index (χ2v) is 4.64. The number of rotatable bonds is 9. The molecule has 0 radical (unpaired) electrons. The van der Waals surface area contributed by atoms with Crippen molar-refractivity contribution in [1.82, 2.24) is 10.3 Å². The molecule has 3 N–H and O–H groups in total. The van der Waals surface area contributed by atoms with E-state index in [1.54, 1.807) is 7.11 Å². The lowest BCUT2D eigenvalue weighted by Crippen LogP contribution is -2.44. The third-order valence-electron chi connectivity index (χ3n) is 2.88. The Kier molecular flexibility index (Phi) is 7.71. The van der Waals surface area contributed by atoms with Crippen LogP contribution in [0.5, 0.6) is 0 Å². The first-order valence-electron chi connectivity index (χ1n) is 6.56. The Morgan fingerprint density at radius 2 is 2.22 bits per heavy atom. The van der Waals surface area contributed by atoms with Crippen molar-refractivity contribution in [2.24, 2.45) is 16.8 Å². The van der Waals surface area contributed by atoms with E-state index in [4.69, 9.17) is 15.3 Å². The fraction of sp³-hybridized carbons (Fsp3) is 0.917. The fourth-order valence-corrected chi connectivity index (χ4v) is 1.51. The van der Waals surface area contributed by atoms with E-state index < -0.39 is 0 Å². The molecule has 0 bridgehead atoms. The van der Waals surface area contributed by atoms with Crippen molar-refractivity contribution in [1.29, 1.82) is 0 Å². The van der Waals surface area contributed by atoms with Gasteiger partial charge < -0.3 is 14.4 Å². The monoisotopic (exact) mass is 258 g/mol. The SMILES string of the molecule is COCCCN=C(NN)N(C)CCOCC1CC1. The number of aliphatic imine (C=N–C) groups is 1. The molecule has 0 atom stereocenters. The van der Waals surface area contributed by atoms with E-state index in [9.17, 15) is 0 Å². The van der Waals surface area contributed by atoms with Gasteiger partial charge in [0, 0.05) is 40.5 Å². The summed E-state index contributed by atoms with van der Waals surface area (Å²) in [7, 11) is 3.64. The van der Waals surface area contributed by atoms with E-state index in [0.717, 1.165) is 32.1 Å². The topological polar surface area (TPSA) is 72.1 Å². The van der Waals surface area contributed by atoms with Crippen molar-refractivity contribution in [3.63, 3.8) is 0 Å². The minimum atomic E-state index is 0.695. The zero-order chi connectivity index (χ0) is 13.2. The van der Waals surface area contributed by atoms with Crippen LogP contribution in [0.25, 0.3) is 0 Å². The molecule has 0 amide bonds. The Bertz CT molecular complexity index is 244. The van der Waals surface area contributed by atoms with Crippen molar-refractivity contribution >= 4 is 5.96 Å². The second kappa shape index (κ2) is 9.13. The predicted molar refractivity (Wildman–Crippen MR) is 72.3 cm³/mol. The van der Waals surface area contributed by atoms with Gasteiger partial charge in [-0.15, -0.1) is 0 Å². The van der Waals surface area contributed by atoms with Gasteiger partial charge in [-0.3, -0.25) is 10.4 Å². The summed E-state index contributed by atoms with van der Waals surface area (Å²) in [4.78, 5) is 6.35. The first-order chi connectivity index (χ1) is 8.77. The van der Waals surface area contributed by atoms with E-state index in [1.165, 1.54) is 12.8 Å². The van der Waals surface area contributed by atoms with Gasteiger partial charge in [-0.25, -0.2) is 5.84 Å². The Balaban J connectivity index is 2.11. The summed E-state index contributed by atoms with van der Waals surface area (Å²) in [6.07, 6.45) is 3.55. The summed E-state index contributed by atoms with van der Waals surface area (Å²) in [6.45, 7) is 3.83. The normalized spacial score (nSPS) is 15.8. The van der Waals surface area contributed by atoms with E-state index in [-0.39, 0.29) is 0 Å². The van der Waals surface area contributed by atoms with Crippen molar-refractivity contribution < 1.29 is 9.47 Å². The first kappa shape index (κ1) is 15.2. The average molecular weight is 258 g/mol. The number of likely N-dealkylation sites (N-methyl/N-ethyl adjacent to an activating group) is 1. The lowest BCUT2D eigenvalue weighted by atomic mass is 10.4. The molecule has 18 heavy (non-hydrogen) atoms. The Morgan fingerprint density at radius 3 is 2.83 bits per heavy atom. The molecule has 0 spiro atoms. The third kappa shape index (κ3) is 6.78.